The van der Waals surface area contributed by atoms with Crippen LogP contribution in [-0.4, -0.2) is 87.8 Å². The predicted octanol–water partition coefficient (Wildman–Crippen LogP) is -2.52. The molecule has 0 radical (unpaired) electrons. The number of rotatable bonds is 14. The van der Waals surface area contributed by atoms with Crippen molar-refractivity contribution >= 4 is 41.4 Å². The maximum absolute atomic E-state index is 12.3. The van der Waals surface area contributed by atoms with E-state index >= 15 is 0 Å². The molecule has 29 heavy (non-hydrogen) atoms. The number of carboxylic acid groups (broad SMARTS) is 2. The number of hydrogen-bond acceptors (Lipinski definition) is 8. The zero-order valence-electron chi connectivity index (χ0n) is 16.2. The second-order valence-electron chi connectivity index (χ2n) is 6.19. The lowest BCUT2D eigenvalue weighted by Crippen LogP contribution is -2.56. The minimum atomic E-state index is -1.51. The van der Waals surface area contributed by atoms with Crippen molar-refractivity contribution in [2.24, 2.45) is 5.73 Å². The van der Waals surface area contributed by atoms with Crippen LogP contribution in [0.15, 0.2) is 0 Å². The van der Waals surface area contributed by atoms with Crippen molar-refractivity contribution in [3.05, 3.63) is 0 Å². The molecule has 0 heterocycles. The number of carbonyl (C=O) groups is 5. The maximum Gasteiger partial charge on any atom is 0.328 e. The van der Waals surface area contributed by atoms with Gasteiger partial charge < -0.3 is 37.0 Å². The van der Waals surface area contributed by atoms with E-state index in [4.69, 9.17) is 21.1 Å². The number of thioether (sulfide) groups is 1. The molecule has 3 amide bonds. The molecule has 4 unspecified atom stereocenters. The van der Waals surface area contributed by atoms with Crippen LogP contribution in [0.5, 0.6) is 0 Å². The van der Waals surface area contributed by atoms with Crippen LogP contribution in [0.4, 0.5) is 0 Å². The molecular formula is C16H28N4O8S. The first-order chi connectivity index (χ1) is 13.5. The molecule has 0 saturated heterocycles. The molecule has 0 aromatic rings. The van der Waals surface area contributed by atoms with Crippen molar-refractivity contribution in [2.45, 2.75) is 50.4 Å². The van der Waals surface area contributed by atoms with Gasteiger partial charge in [0.15, 0.2) is 0 Å². The second-order valence-corrected chi connectivity index (χ2v) is 7.18. The van der Waals surface area contributed by atoms with Gasteiger partial charge in [0.2, 0.25) is 17.7 Å². The number of carbonyl (C=O) groups excluding carboxylic acids is 3. The van der Waals surface area contributed by atoms with Crippen LogP contribution < -0.4 is 21.7 Å². The van der Waals surface area contributed by atoms with E-state index in [9.17, 15) is 24.0 Å². The normalized spacial score (nSPS) is 14.8. The minimum absolute atomic E-state index is 0.105. The fourth-order valence-corrected chi connectivity index (χ4v) is 2.53. The molecule has 0 fully saturated rings. The Bertz CT molecular complexity index is 603. The lowest BCUT2D eigenvalue weighted by atomic mass is 10.1. The fourth-order valence-electron chi connectivity index (χ4n) is 2.06. The summed E-state index contributed by atoms with van der Waals surface area (Å²) >= 11 is 1.40. The van der Waals surface area contributed by atoms with Gasteiger partial charge in [-0.1, -0.05) is 0 Å². The van der Waals surface area contributed by atoms with Gasteiger partial charge in [0, 0.05) is 6.42 Å². The monoisotopic (exact) mass is 436 g/mol. The quantitative estimate of drug-likeness (QED) is 0.152. The van der Waals surface area contributed by atoms with E-state index in [0.717, 1.165) is 0 Å². The number of carboxylic acids is 2. The van der Waals surface area contributed by atoms with Crippen molar-refractivity contribution in [3.63, 3.8) is 0 Å². The topological polar surface area (TPSA) is 208 Å². The molecule has 0 aliphatic carbocycles. The molecule has 166 valence electrons. The molecule has 0 spiro atoms. The summed E-state index contributed by atoms with van der Waals surface area (Å²) in [5.74, 6) is -4.26. The van der Waals surface area contributed by atoms with E-state index in [-0.39, 0.29) is 19.3 Å². The lowest BCUT2D eigenvalue weighted by Gasteiger charge is -2.23. The summed E-state index contributed by atoms with van der Waals surface area (Å²) in [7, 11) is 0. The zero-order chi connectivity index (χ0) is 22.6. The predicted molar refractivity (Wildman–Crippen MR) is 104 cm³/mol. The fraction of sp³-hybridized carbons (Fsp3) is 0.688. The third-order valence-electron chi connectivity index (χ3n) is 3.80. The van der Waals surface area contributed by atoms with E-state index in [0.29, 0.717) is 5.75 Å². The summed E-state index contributed by atoms with van der Waals surface area (Å²) in [5.41, 5.74) is 5.57. The Morgan fingerprint density at radius 2 is 1.52 bits per heavy atom. The number of amides is 3. The standard InChI is InChI=1S/C16H28N4O8S/c1-8(18-14(25)9(17)3-4-12(22)23)13(24)19-10(5-6-29-2)15(26)20-11(7-21)16(27)28/h8-11,21H,3-7,17H2,1-2H3,(H,18,25)(H,19,24)(H,20,26)(H,22,23)(H,27,28). The highest BCUT2D eigenvalue weighted by Gasteiger charge is 2.28. The molecule has 8 N–H and O–H groups in total. The van der Waals surface area contributed by atoms with Crippen LogP contribution in [0.25, 0.3) is 0 Å². The van der Waals surface area contributed by atoms with Gasteiger partial charge >= 0.3 is 11.9 Å². The van der Waals surface area contributed by atoms with Gasteiger partial charge in [-0.05, 0) is 31.8 Å². The summed E-state index contributed by atoms with van der Waals surface area (Å²) in [6.45, 7) is 0.541. The van der Waals surface area contributed by atoms with Crippen LogP contribution in [0.3, 0.4) is 0 Å². The average Bonchev–Trinajstić information content (AvgIpc) is 2.66. The SMILES string of the molecule is CSCCC(NC(=O)C(C)NC(=O)C(N)CCC(=O)O)C(=O)NC(CO)C(=O)O. The summed E-state index contributed by atoms with van der Waals surface area (Å²) in [6, 6.07) is -4.78. The summed E-state index contributed by atoms with van der Waals surface area (Å²) in [4.78, 5) is 58.0. The van der Waals surface area contributed by atoms with Crippen molar-refractivity contribution in [1.82, 2.24) is 16.0 Å². The Hall–Kier alpha value is -2.38. The molecule has 13 heteroatoms. The molecule has 0 bridgehead atoms. The maximum atomic E-state index is 12.3. The van der Waals surface area contributed by atoms with Crippen molar-refractivity contribution in [2.75, 3.05) is 18.6 Å². The number of hydrogen-bond donors (Lipinski definition) is 7. The Morgan fingerprint density at radius 1 is 0.931 bits per heavy atom. The van der Waals surface area contributed by atoms with Crippen LogP contribution in [0, 0.1) is 0 Å². The van der Waals surface area contributed by atoms with E-state index < -0.39 is 60.4 Å². The largest absolute Gasteiger partial charge is 0.481 e. The van der Waals surface area contributed by atoms with Gasteiger partial charge in [-0.2, -0.15) is 11.8 Å². The first kappa shape index (κ1) is 26.6. The van der Waals surface area contributed by atoms with E-state index in [2.05, 4.69) is 16.0 Å². The zero-order valence-corrected chi connectivity index (χ0v) is 17.0. The summed E-state index contributed by atoms with van der Waals surface area (Å²) < 4.78 is 0. The van der Waals surface area contributed by atoms with Gasteiger partial charge in [0.1, 0.15) is 18.1 Å². The number of aliphatic carboxylic acids is 2. The van der Waals surface area contributed by atoms with Crippen molar-refractivity contribution in [3.8, 4) is 0 Å². The lowest BCUT2D eigenvalue weighted by molar-refractivity contribution is -0.143. The van der Waals surface area contributed by atoms with Crippen LogP contribution >= 0.6 is 11.8 Å². The molecule has 0 aromatic carbocycles. The smallest absolute Gasteiger partial charge is 0.328 e. The molecule has 12 nitrogen and oxygen atoms in total. The first-order valence-corrected chi connectivity index (χ1v) is 10.1. The number of aliphatic hydroxyl groups excluding tert-OH is 1. The molecular weight excluding hydrogens is 408 g/mol. The molecule has 0 rings (SSSR count). The van der Waals surface area contributed by atoms with Gasteiger partial charge in [-0.3, -0.25) is 19.2 Å². The van der Waals surface area contributed by atoms with E-state index in [1.165, 1.54) is 18.7 Å². The van der Waals surface area contributed by atoms with Crippen molar-refractivity contribution in [1.29, 1.82) is 0 Å². The Labute approximate surface area is 172 Å². The van der Waals surface area contributed by atoms with Gasteiger partial charge in [-0.25, -0.2) is 4.79 Å². The summed E-state index contributed by atoms with van der Waals surface area (Å²) in [5, 5.41) is 33.4. The molecule has 0 aliphatic rings. The van der Waals surface area contributed by atoms with Gasteiger partial charge in [0.05, 0.1) is 12.6 Å². The average molecular weight is 436 g/mol. The highest BCUT2D eigenvalue weighted by molar-refractivity contribution is 7.98. The third-order valence-corrected chi connectivity index (χ3v) is 4.44. The highest BCUT2D eigenvalue weighted by atomic mass is 32.2. The first-order valence-electron chi connectivity index (χ1n) is 8.74. The Morgan fingerprint density at radius 3 is 2.00 bits per heavy atom. The summed E-state index contributed by atoms with van der Waals surface area (Å²) in [6.07, 6.45) is 1.56. The minimum Gasteiger partial charge on any atom is -0.481 e. The molecule has 4 atom stereocenters. The van der Waals surface area contributed by atoms with Crippen molar-refractivity contribution < 1.29 is 39.3 Å². The Kier molecular flexibility index (Phi) is 12.6. The number of nitrogens with two attached hydrogens (primary N) is 1. The third kappa shape index (κ3) is 10.7. The van der Waals surface area contributed by atoms with Gasteiger partial charge in [0.25, 0.3) is 0 Å². The Balaban J connectivity index is 4.90. The van der Waals surface area contributed by atoms with Crippen LogP contribution in [-0.2, 0) is 24.0 Å². The van der Waals surface area contributed by atoms with E-state index in [1.807, 2.05) is 0 Å². The molecule has 0 aromatic heterocycles. The van der Waals surface area contributed by atoms with Crippen LogP contribution in [0.1, 0.15) is 26.2 Å². The number of nitrogens with one attached hydrogen (secondary N) is 3. The van der Waals surface area contributed by atoms with Gasteiger partial charge in [-0.15, -0.1) is 0 Å². The number of aliphatic hydroxyl groups is 1. The van der Waals surface area contributed by atoms with E-state index in [1.54, 1.807) is 6.26 Å². The second kappa shape index (κ2) is 13.7. The molecule has 0 aliphatic heterocycles. The highest BCUT2D eigenvalue weighted by Crippen LogP contribution is 2.03. The molecule has 0 saturated carbocycles. The van der Waals surface area contributed by atoms with Crippen LogP contribution in [0.2, 0.25) is 0 Å².